The number of para-hydroxylation sites is 1. The van der Waals surface area contributed by atoms with Crippen LogP contribution >= 0.6 is 0 Å². The highest BCUT2D eigenvalue weighted by molar-refractivity contribution is 5.40. The molecule has 0 radical (unpaired) electrons. The fourth-order valence-electron chi connectivity index (χ4n) is 2.50. The Hall–Kier alpha value is -1.88. The second-order valence-corrected chi connectivity index (χ2v) is 6.56. The zero-order chi connectivity index (χ0) is 15.0. The lowest BCUT2D eigenvalue weighted by Gasteiger charge is -2.24. The first-order chi connectivity index (χ1) is 9.97. The van der Waals surface area contributed by atoms with E-state index >= 15 is 0 Å². The Morgan fingerprint density at radius 3 is 2.81 bits per heavy atom. The van der Waals surface area contributed by atoms with Crippen molar-refractivity contribution in [3.05, 3.63) is 41.5 Å². The third kappa shape index (κ3) is 2.65. The van der Waals surface area contributed by atoms with Crippen LogP contribution in [0.2, 0.25) is 0 Å². The molecule has 1 aliphatic rings. The predicted molar refractivity (Wildman–Crippen MR) is 79.1 cm³/mol. The molecular formula is C16H21N3O2. The summed E-state index contributed by atoms with van der Waals surface area (Å²) < 4.78 is 11.1. The molecule has 1 aromatic carbocycles. The molecule has 2 atom stereocenters. The van der Waals surface area contributed by atoms with Gasteiger partial charge in [-0.15, -0.1) is 0 Å². The third-order valence-electron chi connectivity index (χ3n) is 3.93. The van der Waals surface area contributed by atoms with E-state index in [1.165, 1.54) is 0 Å². The van der Waals surface area contributed by atoms with E-state index in [-0.39, 0.29) is 17.4 Å². The quantitative estimate of drug-likeness (QED) is 0.919. The topological polar surface area (TPSA) is 74.2 Å². The minimum atomic E-state index is -0.270. The van der Waals surface area contributed by atoms with Crippen LogP contribution in [-0.4, -0.2) is 16.7 Å². The Labute approximate surface area is 124 Å². The summed E-state index contributed by atoms with van der Waals surface area (Å²) in [7, 11) is 0. The number of hydrogen-bond donors (Lipinski definition) is 1. The van der Waals surface area contributed by atoms with Crippen LogP contribution in [0.15, 0.2) is 28.8 Å². The number of nitrogens with two attached hydrogens (primary N) is 1. The summed E-state index contributed by atoms with van der Waals surface area (Å²) in [4.78, 5) is 4.54. The fourth-order valence-corrected chi connectivity index (χ4v) is 2.50. The minimum Gasteiger partial charge on any atom is -0.493 e. The van der Waals surface area contributed by atoms with E-state index in [4.69, 9.17) is 15.0 Å². The minimum absolute atomic E-state index is 0.111. The van der Waals surface area contributed by atoms with Crippen molar-refractivity contribution in [3.8, 4) is 5.75 Å². The van der Waals surface area contributed by atoms with E-state index < -0.39 is 0 Å². The molecule has 1 aromatic heterocycles. The molecule has 0 saturated carbocycles. The molecular weight excluding hydrogens is 266 g/mol. The number of ether oxygens (including phenoxy) is 1. The Bertz CT molecular complexity index is 630. The SMILES string of the molecule is CC(C)(C)C(N)c1nc(C2CCOc3ccccc32)no1. The Morgan fingerprint density at radius 1 is 1.29 bits per heavy atom. The number of benzene rings is 1. The van der Waals surface area contributed by atoms with Crippen LogP contribution in [-0.2, 0) is 0 Å². The molecule has 0 aliphatic carbocycles. The average molecular weight is 287 g/mol. The number of nitrogens with zero attached hydrogens (tertiary/aromatic N) is 2. The van der Waals surface area contributed by atoms with Crippen LogP contribution in [0.25, 0.3) is 0 Å². The molecule has 2 N–H and O–H groups in total. The maximum Gasteiger partial charge on any atom is 0.244 e. The zero-order valence-corrected chi connectivity index (χ0v) is 12.7. The van der Waals surface area contributed by atoms with Crippen LogP contribution in [0.5, 0.6) is 5.75 Å². The number of aromatic nitrogens is 2. The van der Waals surface area contributed by atoms with Gasteiger partial charge in [-0.1, -0.05) is 44.1 Å². The highest BCUT2D eigenvalue weighted by Gasteiger charge is 2.31. The first-order valence-corrected chi connectivity index (χ1v) is 7.27. The van der Waals surface area contributed by atoms with Gasteiger partial charge in [0.05, 0.1) is 18.6 Å². The summed E-state index contributed by atoms with van der Waals surface area (Å²) in [5, 5.41) is 4.15. The number of rotatable bonds is 2. The summed E-state index contributed by atoms with van der Waals surface area (Å²) >= 11 is 0. The van der Waals surface area contributed by atoms with Crippen molar-refractivity contribution in [2.45, 2.75) is 39.2 Å². The summed E-state index contributed by atoms with van der Waals surface area (Å²) in [6.45, 7) is 6.85. The van der Waals surface area contributed by atoms with Gasteiger partial charge in [0.2, 0.25) is 5.89 Å². The van der Waals surface area contributed by atoms with Crippen LogP contribution in [0, 0.1) is 5.41 Å². The first kappa shape index (κ1) is 14.1. The van der Waals surface area contributed by atoms with E-state index in [1.54, 1.807) is 0 Å². The van der Waals surface area contributed by atoms with Crippen molar-refractivity contribution in [1.82, 2.24) is 10.1 Å². The lowest BCUT2D eigenvalue weighted by atomic mass is 9.87. The zero-order valence-electron chi connectivity index (χ0n) is 12.7. The van der Waals surface area contributed by atoms with Gasteiger partial charge in [-0.05, 0) is 17.9 Å². The highest BCUT2D eigenvalue weighted by Crippen LogP contribution is 2.37. The van der Waals surface area contributed by atoms with Gasteiger partial charge in [-0.25, -0.2) is 0 Å². The van der Waals surface area contributed by atoms with E-state index in [0.717, 1.165) is 17.7 Å². The van der Waals surface area contributed by atoms with Crippen LogP contribution < -0.4 is 10.5 Å². The lowest BCUT2D eigenvalue weighted by molar-refractivity contribution is 0.250. The van der Waals surface area contributed by atoms with Gasteiger partial charge in [0.1, 0.15) is 5.75 Å². The van der Waals surface area contributed by atoms with Gasteiger partial charge in [0.15, 0.2) is 5.82 Å². The second kappa shape index (κ2) is 5.15. The predicted octanol–water partition coefficient (Wildman–Crippen LogP) is 3.03. The maximum absolute atomic E-state index is 6.19. The first-order valence-electron chi connectivity index (χ1n) is 7.27. The molecule has 0 amide bonds. The van der Waals surface area contributed by atoms with Gasteiger partial charge in [-0.2, -0.15) is 4.98 Å². The summed E-state index contributed by atoms with van der Waals surface area (Å²) in [6.07, 6.45) is 0.848. The molecule has 2 unspecified atom stereocenters. The molecule has 0 bridgehead atoms. The molecule has 0 spiro atoms. The van der Waals surface area contributed by atoms with Crippen LogP contribution in [0.3, 0.4) is 0 Å². The van der Waals surface area contributed by atoms with Gasteiger partial charge in [0, 0.05) is 5.56 Å². The summed E-state index contributed by atoms with van der Waals surface area (Å²) in [5.74, 6) is 2.21. The average Bonchev–Trinajstić information content (AvgIpc) is 2.94. The Morgan fingerprint density at radius 2 is 2.05 bits per heavy atom. The van der Waals surface area contributed by atoms with E-state index in [0.29, 0.717) is 18.3 Å². The normalized spacial score (nSPS) is 19.7. The smallest absolute Gasteiger partial charge is 0.244 e. The molecule has 5 heteroatoms. The Balaban J connectivity index is 1.91. The number of hydrogen-bond acceptors (Lipinski definition) is 5. The molecule has 0 saturated heterocycles. The maximum atomic E-state index is 6.19. The van der Waals surface area contributed by atoms with Gasteiger partial charge in [0.25, 0.3) is 0 Å². The molecule has 2 heterocycles. The van der Waals surface area contributed by atoms with Crippen molar-refractivity contribution in [3.63, 3.8) is 0 Å². The molecule has 0 fully saturated rings. The largest absolute Gasteiger partial charge is 0.493 e. The van der Waals surface area contributed by atoms with E-state index in [1.807, 2.05) is 18.2 Å². The fraction of sp³-hybridized carbons (Fsp3) is 0.500. The van der Waals surface area contributed by atoms with E-state index in [9.17, 15) is 0 Å². The third-order valence-corrected chi connectivity index (χ3v) is 3.93. The van der Waals surface area contributed by atoms with Crippen molar-refractivity contribution in [1.29, 1.82) is 0 Å². The number of fused-ring (bicyclic) bond motifs is 1. The molecule has 3 rings (SSSR count). The summed E-state index contributed by atoms with van der Waals surface area (Å²) in [5.41, 5.74) is 7.19. The molecule has 2 aromatic rings. The second-order valence-electron chi connectivity index (χ2n) is 6.56. The Kier molecular flexibility index (Phi) is 3.45. The van der Waals surface area contributed by atoms with Crippen molar-refractivity contribution >= 4 is 0 Å². The van der Waals surface area contributed by atoms with Crippen molar-refractivity contribution in [2.24, 2.45) is 11.1 Å². The highest BCUT2D eigenvalue weighted by atomic mass is 16.5. The van der Waals surface area contributed by atoms with Gasteiger partial charge >= 0.3 is 0 Å². The summed E-state index contributed by atoms with van der Waals surface area (Å²) in [6, 6.07) is 7.73. The lowest BCUT2D eigenvalue weighted by Crippen LogP contribution is -2.26. The van der Waals surface area contributed by atoms with Crippen LogP contribution in [0.1, 0.15) is 56.4 Å². The van der Waals surface area contributed by atoms with Crippen molar-refractivity contribution < 1.29 is 9.26 Å². The van der Waals surface area contributed by atoms with Gasteiger partial charge in [-0.3, -0.25) is 0 Å². The molecule has 5 nitrogen and oxygen atoms in total. The monoisotopic (exact) mass is 287 g/mol. The van der Waals surface area contributed by atoms with E-state index in [2.05, 4.69) is 37.0 Å². The molecule has 112 valence electrons. The van der Waals surface area contributed by atoms with Gasteiger partial charge < -0.3 is 15.0 Å². The standard InChI is InChI=1S/C16H21N3O2/c1-16(2,3)13(17)15-18-14(19-21-15)11-8-9-20-12-7-5-4-6-10(11)12/h4-7,11,13H,8-9,17H2,1-3H3. The molecule has 21 heavy (non-hydrogen) atoms. The van der Waals surface area contributed by atoms with Crippen molar-refractivity contribution in [2.75, 3.05) is 6.61 Å². The van der Waals surface area contributed by atoms with Crippen LogP contribution in [0.4, 0.5) is 0 Å². The molecule has 1 aliphatic heterocycles.